The highest BCUT2D eigenvalue weighted by Gasteiger charge is 2.53. The molecular formula is C12H22O12. The first-order valence-electron chi connectivity index (χ1n) is 7.22. The zero-order valence-electron chi connectivity index (χ0n) is 12.2. The lowest BCUT2D eigenvalue weighted by Gasteiger charge is -2.43. The molecule has 12 heteroatoms. The van der Waals surface area contributed by atoms with Crippen LogP contribution in [0.2, 0.25) is 0 Å². The Morgan fingerprint density at radius 2 is 0.458 bits per heavy atom. The molecule has 2 aliphatic rings. The van der Waals surface area contributed by atoms with E-state index >= 15 is 0 Å². The summed E-state index contributed by atoms with van der Waals surface area (Å²) in [6.45, 7) is 0. The number of aliphatic hydroxyl groups excluding tert-OH is 10. The van der Waals surface area contributed by atoms with Gasteiger partial charge in [-0.05, 0) is 0 Å². The highest BCUT2D eigenvalue weighted by atomic mass is 17.2. The lowest BCUT2D eigenvalue weighted by molar-refractivity contribution is -0.422. The van der Waals surface area contributed by atoms with Crippen molar-refractivity contribution in [3.05, 3.63) is 0 Å². The fourth-order valence-corrected chi connectivity index (χ4v) is 2.75. The van der Waals surface area contributed by atoms with E-state index in [1.165, 1.54) is 0 Å². The Labute approximate surface area is 135 Å². The molecule has 10 N–H and O–H groups in total. The molecule has 24 heavy (non-hydrogen) atoms. The van der Waals surface area contributed by atoms with Gasteiger partial charge in [0.15, 0.2) is 0 Å². The number of hydrogen-bond acceptors (Lipinski definition) is 12. The van der Waals surface area contributed by atoms with E-state index < -0.39 is 73.2 Å². The van der Waals surface area contributed by atoms with Crippen LogP contribution < -0.4 is 0 Å². The van der Waals surface area contributed by atoms with Crippen molar-refractivity contribution in [1.82, 2.24) is 0 Å². The summed E-state index contributed by atoms with van der Waals surface area (Å²) in [4.78, 5) is 9.31. The molecule has 0 aromatic heterocycles. The Kier molecular flexibility index (Phi) is 6.12. The normalized spacial score (nSPS) is 56.2. The Balaban J connectivity index is 2.06. The first kappa shape index (κ1) is 19.8. The monoisotopic (exact) mass is 358 g/mol. The van der Waals surface area contributed by atoms with Gasteiger partial charge in [0.05, 0.1) is 0 Å². The van der Waals surface area contributed by atoms with Crippen LogP contribution in [0.15, 0.2) is 0 Å². The van der Waals surface area contributed by atoms with Crippen LogP contribution in [-0.2, 0) is 9.78 Å². The summed E-state index contributed by atoms with van der Waals surface area (Å²) >= 11 is 0. The molecule has 0 bridgehead atoms. The highest BCUT2D eigenvalue weighted by Crippen LogP contribution is 2.28. The fraction of sp³-hybridized carbons (Fsp3) is 1.00. The first-order chi connectivity index (χ1) is 11.1. The molecule has 0 radical (unpaired) electrons. The topological polar surface area (TPSA) is 221 Å². The molecule has 0 aromatic rings. The summed E-state index contributed by atoms with van der Waals surface area (Å²) in [5.41, 5.74) is 0. The van der Waals surface area contributed by atoms with Crippen LogP contribution in [0.3, 0.4) is 0 Å². The summed E-state index contributed by atoms with van der Waals surface area (Å²) < 4.78 is 0. The third-order valence-electron chi connectivity index (χ3n) is 4.42. The van der Waals surface area contributed by atoms with Crippen LogP contribution in [0.25, 0.3) is 0 Å². The maximum Gasteiger partial charge on any atom is 0.150 e. The number of rotatable bonds is 3. The average Bonchev–Trinajstić information content (AvgIpc) is 2.57. The summed E-state index contributed by atoms with van der Waals surface area (Å²) in [6.07, 6.45) is -22.3. The van der Waals surface area contributed by atoms with Crippen molar-refractivity contribution in [1.29, 1.82) is 0 Å². The van der Waals surface area contributed by atoms with Crippen LogP contribution in [0, 0.1) is 0 Å². The molecule has 2 saturated carbocycles. The van der Waals surface area contributed by atoms with Crippen molar-refractivity contribution in [2.24, 2.45) is 0 Å². The smallest absolute Gasteiger partial charge is 0.150 e. The van der Waals surface area contributed by atoms with Crippen molar-refractivity contribution in [2.75, 3.05) is 0 Å². The maximum absolute atomic E-state index is 9.75. The van der Waals surface area contributed by atoms with E-state index in [4.69, 9.17) is 0 Å². The van der Waals surface area contributed by atoms with E-state index in [1.54, 1.807) is 0 Å². The van der Waals surface area contributed by atoms with Crippen LogP contribution >= 0.6 is 0 Å². The predicted octanol–water partition coefficient (Wildman–Crippen LogP) is -6.69. The van der Waals surface area contributed by atoms with Gasteiger partial charge in [0.25, 0.3) is 0 Å². The Hall–Kier alpha value is -0.480. The van der Waals surface area contributed by atoms with Crippen molar-refractivity contribution in [3.8, 4) is 0 Å². The fourth-order valence-electron chi connectivity index (χ4n) is 2.75. The number of aliphatic hydroxyl groups is 10. The van der Waals surface area contributed by atoms with E-state index in [9.17, 15) is 51.1 Å². The first-order valence-corrected chi connectivity index (χ1v) is 7.22. The van der Waals surface area contributed by atoms with Crippen LogP contribution in [0.4, 0.5) is 0 Å². The molecule has 12 nitrogen and oxygen atoms in total. The van der Waals surface area contributed by atoms with Crippen molar-refractivity contribution >= 4 is 0 Å². The number of hydrogen-bond donors (Lipinski definition) is 10. The van der Waals surface area contributed by atoms with Crippen LogP contribution in [-0.4, -0.2) is 124 Å². The molecule has 0 spiro atoms. The van der Waals surface area contributed by atoms with Gasteiger partial charge >= 0.3 is 0 Å². The van der Waals surface area contributed by atoms with Crippen molar-refractivity contribution in [2.45, 2.75) is 73.2 Å². The summed E-state index contributed by atoms with van der Waals surface area (Å²) in [5.74, 6) is 0. The van der Waals surface area contributed by atoms with Gasteiger partial charge in [-0.3, -0.25) is 0 Å². The van der Waals surface area contributed by atoms with E-state index in [-0.39, 0.29) is 0 Å². The minimum absolute atomic E-state index is 1.78. The second-order valence-corrected chi connectivity index (χ2v) is 6.03. The maximum atomic E-state index is 9.75. The van der Waals surface area contributed by atoms with Crippen LogP contribution in [0.1, 0.15) is 0 Å². The third-order valence-corrected chi connectivity index (χ3v) is 4.42. The van der Waals surface area contributed by atoms with Gasteiger partial charge in [-0.2, -0.15) is 0 Å². The van der Waals surface area contributed by atoms with Gasteiger partial charge in [-0.1, -0.05) is 0 Å². The zero-order valence-corrected chi connectivity index (χ0v) is 12.2. The summed E-state index contributed by atoms with van der Waals surface area (Å²) in [6, 6.07) is 0. The van der Waals surface area contributed by atoms with E-state index in [0.717, 1.165) is 0 Å². The molecule has 0 saturated heterocycles. The van der Waals surface area contributed by atoms with Crippen molar-refractivity contribution < 1.29 is 60.8 Å². The Morgan fingerprint density at radius 1 is 0.292 bits per heavy atom. The SMILES string of the molecule is O[C@@H]1[C@H](O)[C@@H](O)[C@H](OO[C@H]2[C@@H](O)[C@H](O)[C@@H](O)[C@@H](O)[C@@H]2O)[C@@H](O)[C@H]1O. The molecular weight excluding hydrogens is 336 g/mol. The van der Waals surface area contributed by atoms with Gasteiger partial charge in [0.2, 0.25) is 0 Å². The van der Waals surface area contributed by atoms with Crippen molar-refractivity contribution in [3.63, 3.8) is 0 Å². The van der Waals surface area contributed by atoms with Gasteiger partial charge in [0, 0.05) is 0 Å². The summed E-state index contributed by atoms with van der Waals surface area (Å²) in [7, 11) is 0. The van der Waals surface area contributed by atoms with Gasteiger partial charge in [-0.15, -0.1) is 0 Å². The zero-order chi connectivity index (χ0) is 18.3. The van der Waals surface area contributed by atoms with E-state index in [0.29, 0.717) is 0 Å². The molecule has 10 atom stereocenters. The average molecular weight is 358 g/mol. The summed E-state index contributed by atoms with van der Waals surface area (Å²) in [5, 5.41) is 96.0. The highest BCUT2D eigenvalue weighted by molar-refractivity contribution is 5.00. The quantitative estimate of drug-likeness (QED) is 0.168. The Morgan fingerprint density at radius 3 is 0.667 bits per heavy atom. The predicted molar refractivity (Wildman–Crippen MR) is 69.8 cm³/mol. The van der Waals surface area contributed by atoms with Gasteiger partial charge in [0.1, 0.15) is 73.2 Å². The third kappa shape index (κ3) is 3.29. The minimum Gasteiger partial charge on any atom is -0.387 e. The molecule has 0 unspecified atom stereocenters. The second kappa shape index (κ2) is 7.41. The molecule has 0 heterocycles. The van der Waals surface area contributed by atoms with E-state index in [1.807, 2.05) is 0 Å². The molecule has 142 valence electrons. The van der Waals surface area contributed by atoms with E-state index in [2.05, 4.69) is 9.78 Å². The molecule has 2 fully saturated rings. The van der Waals surface area contributed by atoms with Crippen LogP contribution in [0.5, 0.6) is 0 Å². The molecule has 0 aromatic carbocycles. The minimum atomic E-state index is -1.89. The second-order valence-electron chi connectivity index (χ2n) is 6.03. The molecule has 0 amide bonds. The molecule has 0 aliphatic heterocycles. The van der Waals surface area contributed by atoms with Gasteiger partial charge in [-0.25, -0.2) is 9.78 Å². The Bertz CT molecular complexity index is 353. The molecule has 2 rings (SSSR count). The lowest BCUT2D eigenvalue weighted by atomic mass is 9.84. The largest absolute Gasteiger partial charge is 0.387 e. The molecule has 2 aliphatic carbocycles. The lowest BCUT2D eigenvalue weighted by Crippen LogP contribution is -2.66. The van der Waals surface area contributed by atoms with Gasteiger partial charge < -0.3 is 51.1 Å². The standard InChI is InChI=1S/C12H22O12/c13-1-3(15)7(19)11(8(20)4(1)16)23-24-12-9(21)5(17)2(14)6(18)10(12)22/h1-22H/t1-,2-,3-,4-,5+,6+,7-,8+,9-,10-,11+,12+/m0/s1.